The minimum absolute atomic E-state index is 0.337. The second-order valence-electron chi connectivity index (χ2n) is 3.70. The molecule has 0 aliphatic heterocycles. The fourth-order valence-electron chi connectivity index (χ4n) is 1.72. The van der Waals surface area contributed by atoms with Crippen LogP contribution < -0.4 is 0 Å². The van der Waals surface area contributed by atoms with E-state index < -0.39 is 0 Å². The summed E-state index contributed by atoms with van der Waals surface area (Å²) in [6.45, 7) is 0. The highest BCUT2D eigenvalue weighted by molar-refractivity contribution is 6.36. The summed E-state index contributed by atoms with van der Waals surface area (Å²) in [5.74, 6) is 0. The van der Waals surface area contributed by atoms with E-state index in [-0.39, 0.29) is 0 Å². The van der Waals surface area contributed by atoms with E-state index in [1.807, 2.05) is 12.3 Å². The Morgan fingerprint density at radius 1 is 1.11 bits per heavy atom. The van der Waals surface area contributed by atoms with Crippen LogP contribution in [0, 0.1) is 0 Å². The highest BCUT2D eigenvalue weighted by Gasteiger charge is 2.10. The zero-order valence-corrected chi connectivity index (χ0v) is 11.2. The molecule has 90 valence electrons. The lowest BCUT2D eigenvalue weighted by Gasteiger charge is -2.06. The van der Waals surface area contributed by atoms with Gasteiger partial charge in [-0.3, -0.25) is 0 Å². The van der Waals surface area contributed by atoms with Crippen LogP contribution in [0.5, 0.6) is 0 Å². The molecule has 0 saturated heterocycles. The average Bonchev–Trinajstić information content (AvgIpc) is 2.77. The van der Waals surface area contributed by atoms with Crippen molar-refractivity contribution >= 4 is 40.4 Å². The van der Waals surface area contributed by atoms with E-state index in [1.165, 1.54) is 0 Å². The van der Waals surface area contributed by atoms with Gasteiger partial charge in [0.2, 0.25) is 0 Å². The molecule has 0 aliphatic rings. The average molecular weight is 299 g/mol. The van der Waals surface area contributed by atoms with Crippen LogP contribution in [0.2, 0.25) is 15.2 Å². The number of imidazole rings is 1. The van der Waals surface area contributed by atoms with Gasteiger partial charge in [-0.1, -0.05) is 34.8 Å². The van der Waals surface area contributed by atoms with Crippen LogP contribution in [0.4, 0.5) is 0 Å². The van der Waals surface area contributed by atoms with Crippen molar-refractivity contribution < 1.29 is 0 Å². The van der Waals surface area contributed by atoms with Gasteiger partial charge in [-0.15, -0.1) is 0 Å². The van der Waals surface area contributed by atoms with Crippen LogP contribution in [0.1, 0.15) is 0 Å². The van der Waals surface area contributed by atoms with Gasteiger partial charge in [0.1, 0.15) is 0 Å². The van der Waals surface area contributed by atoms with E-state index in [9.17, 15) is 0 Å². The lowest BCUT2D eigenvalue weighted by molar-refractivity contribution is 1.13. The van der Waals surface area contributed by atoms with E-state index in [4.69, 9.17) is 34.8 Å². The molecule has 0 bridgehead atoms. The highest BCUT2D eigenvalue weighted by Crippen LogP contribution is 2.30. The number of rotatable bonds is 1. The number of benzene rings is 1. The molecular formula is C12H6Cl3N3. The molecule has 0 atom stereocenters. The molecule has 18 heavy (non-hydrogen) atoms. The molecule has 2 heterocycles. The number of nitrogens with zero attached hydrogens (tertiary/aromatic N) is 3. The van der Waals surface area contributed by atoms with Crippen LogP contribution in [-0.2, 0) is 0 Å². The summed E-state index contributed by atoms with van der Waals surface area (Å²) in [5.41, 5.74) is 2.07. The normalized spacial score (nSPS) is 11.1. The SMILES string of the molecule is Clc1ccc(-c2cn3ccnc3c(Cl)n2)c(Cl)c1. The Morgan fingerprint density at radius 2 is 1.94 bits per heavy atom. The number of hydrogen-bond donors (Lipinski definition) is 0. The Balaban J connectivity index is 2.24. The largest absolute Gasteiger partial charge is 0.302 e. The van der Waals surface area contributed by atoms with Gasteiger partial charge in [-0.2, -0.15) is 0 Å². The zero-order chi connectivity index (χ0) is 12.7. The summed E-state index contributed by atoms with van der Waals surface area (Å²) in [4.78, 5) is 8.39. The van der Waals surface area contributed by atoms with E-state index in [1.54, 1.807) is 28.9 Å². The van der Waals surface area contributed by atoms with E-state index in [0.717, 1.165) is 5.56 Å². The molecular weight excluding hydrogens is 293 g/mol. The van der Waals surface area contributed by atoms with Gasteiger partial charge in [0.25, 0.3) is 0 Å². The maximum atomic E-state index is 6.15. The molecule has 0 unspecified atom stereocenters. The first kappa shape index (κ1) is 11.8. The zero-order valence-electron chi connectivity index (χ0n) is 8.94. The third-order valence-electron chi connectivity index (χ3n) is 2.54. The Bertz CT molecular complexity index is 737. The second-order valence-corrected chi connectivity index (χ2v) is 4.90. The molecule has 0 aliphatic carbocycles. The van der Waals surface area contributed by atoms with Gasteiger partial charge in [-0.25, -0.2) is 9.97 Å². The molecule has 3 nitrogen and oxygen atoms in total. The molecule has 0 amide bonds. The predicted molar refractivity (Wildman–Crippen MR) is 73.5 cm³/mol. The third-order valence-corrected chi connectivity index (χ3v) is 3.34. The third kappa shape index (κ3) is 1.94. The van der Waals surface area contributed by atoms with Crippen molar-refractivity contribution in [1.82, 2.24) is 14.4 Å². The highest BCUT2D eigenvalue weighted by atomic mass is 35.5. The Labute approximate surface area is 118 Å². The monoisotopic (exact) mass is 297 g/mol. The molecule has 0 saturated carbocycles. The van der Waals surface area contributed by atoms with Gasteiger partial charge in [0.15, 0.2) is 10.8 Å². The lowest BCUT2D eigenvalue weighted by Crippen LogP contribution is -1.92. The minimum atomic E-state index is 0.337. The molecule has 0 N–H and O–H groups in total. The van der Waals surface area contributed by atoms with Crippen LogP contribution in [-0.4, -0.2) is 14.4 Å². The fraction of sp³-hybridized carbons (Fsp3) is 0. The van der Waals surface area contributed by atoms with Gasteiger partial charge in [0.05, 0.1) is 10.7 Å². The number of hydrogen-bond acceptors (Lipinski definition) is 2. The molecule has 3 aromatic rings. The number of aromatic nitrogens is 3. The Morgan fingerprint density at radius 3 is 2.72 bits per heavy atom. The van der Waals surface area contributed by atoms with Crippen LogP contribution >= 0.6 is 34.8 Å². The minimum Gasteiger partial charge on any atom is -0.302 e. The van der Waals surface area contributed by atoms with Crippen LogP contribution in [0.3, 0.4) is 0 Å². The summed E-state index contributed by atoms with van der Waals surface area (Å²) >= 11 is 18.1. The summed E-state index contributed by atoms with van der Waals surface area (Å²) in [6.07, 6.45) is 5.29. The smallest absolute Gasteiger partial charge is 0.174 e. The van der Waals surface area contributed by atoms with E-state index in [2.05, 4.69) is 9.97 Å². The van der Waals surface area contributed by atoms with E-state index >= 15 is 0 Å². The topological polar surface area (TPSA) is 30.2 Å². The first-order valence-electron chi connectivity index (χ1n) is 5.10. The van der Waals surface area contributed by atoms with Gasteiger partial charge >= 0.3 is 0 Å². The predicted octanol–water partition coefficient (Wildman–Crippen LogP) is 4.36. The van der Waals surface area contributed by atoms with Crippen molar-refractivity contribution in [2.45, 2.75) is 0 Å². The molecule has 0 fully saturated rings. The maximum Gasteiger partial charge on any atom is 0.174 e. The molecule has 3 rings (SSSR count). The summed E-state index contributed by atoms with van der Waals surface area (Å²) in [6, 6.07) is 5.24. The molecule has 6 heteroatoms. The van der Waals surface area contributed by atoms with Crippen LogP contribution in [0.15, 0.2) is 36.8 Å². The van der Waals surface area contributed by atoms with Crippen LogP contribution in [0.25, 0.3) is 16.9 Å². The maximum absolute atomic E-state index is 6.15. The first-order chi connectivity index (χ1) is 8.65. The van der Waals surface area contributed by atoms with Crippen molar-refractivity contribution in [3.8, 4) is 11.3 Å². The molecule has 1 aromatic carbocycles. The van der Waals surface area contributed by atoms with Gasteiger partial charge < -0.3 is 4.40 Å². The Kier molecular flexibility index (Phi) is 2.90. The Hall–Kier alpha value is -1.29. The van der Waals surface area contributed by atoms with Crippen molar-refractivity contribution in [2.24, 2.45) is 0 Å². The van der Waals surface area contributed by atoms with Gasteiger partial charge in [0, 0.05) is 29.2 Å². The van der Waals surface area contributed by atoms with Crippen molar-refractivity contribution in [1.29, 1.82) is 0 Å². The molecule has 2 aromatic heterocycles. The first-order valence-corrected chi connectivity index (χ1v) is 6.23. The summed E-state index contributed by atoms with van der Waals surface area (Å²) in [5, 5.41) is 1.45. The van der Waals surface area contributed by atoms with Gasteiger partial charge in [-0.05, 0) is 18.2 Å². The van der Waals surface area contributed by atoms with Crippen molar-refractivity contribution in [3.63, 3.8) is 0 Å². The molecule has 0 radical (unpaired) electrons. The van der Waals surface area contributed by atoms with E-state index in [0.29, 0.717) is 26.5 Å². The van der Waals surface area contributed by atoms with Crippen molar-refractivity contribution in [2.75, 3.05) is 0 Å². The number of fused-ring (bicyclic) bond motifs is 1. The fourth-order valence-corrected chi connectivity index (χ4v) is 2.46. The summed E-state index contributed by atoms with van der Waals surface area (Å²) in [7, 11) is 0. The number of halogens is 3. The standard InChI is InChI=1S/C12H6Cl3N3/c13-7-1-2-8(9(14)5-7)10-6-18-4-3-16-12(18)11(15)17-10/h1-6H. The summed E-state index contributed by atoms with van der Waals surface area (Å²) < 4.78 is 1.80. The lowest BCUT2D eigenvalue weighted by atomic mass is 10.1. The quantitative estimate of drug-likeness (QED) is 0.668. The second kappa shape index (κ2) is 4.43. The van der Waals surface area contributed by atoms with Crippen molar-refractivity contribution in [3.05, 3.63) is 52.0 Å². The molecule has 0 spiro atoms.